The minimum absolute atomic E-state index is 0.255. The number of hydrogen-bond donors (Lipinski definition) is 0. The van der Waals surface area contributed by atoms with E-state index in [2.05, 4.69) is 6.07 Å². The van der Waals surface area contributed by atoms with E-state index < -0.39 is 9.84 Å². The van der Waals surface area contributed by atoms with Gasteiger partial charge < -0.3 is 9.30 Å². The summed E-state index contributed by atoms with van der Waals surface area (Å²) in [5.74, 6) is 0.714. The fourth-order valence-electron chi connectivity index (χ4n) is 2.85. The van der Waals surface area contributed by atoms with Crippen molar-refractivity contribution >= 4 is 20.7 Å². The minimum atomic E-state index is -3.25. The van der Waals surface area contributed by atoms with Gasteiger partial charge in [-0.15, -0.1) is 0 Å². The van der Waals surface area contributed by atoms with Crippen LogP contribution >= 0.6 is 0 Å². The number of aryl methyl sites for hydroxylation is 1. The first-order valence-corrected chi connectivity index (χ1v) is 9.13. The van der Waals surface area contributed by atoms with Crippen LogP contribution in [0.4, 0.5) is 0 Å². The zero-order valence-electron chi connectivity index (χ0n) is 13.6. The van der Waals surface area contributed by atoms with Crippen LogP contribution in [-0.4, -0.2) is 26.4 Å². The van der Waals surface area contributed by atoms with Gasteiger partial charge in [0.15, 0.2) is 9.84 Å². The maximum absolute atomic E-state index is 11.6. The molecule has 0 fully saturated rings. The lowest BCUT2D eigenvalue weighted by Crippen LogP contribution is -1.97. The van der Waals surface area contributed by atoms with Gasteiger partial charge in [0.25, 0.3) is 0 Å². The van der Waals surface area contributed by atoms with E-state index >= 15 is 0 Å². The average Bonchev–Trinajstić information content (AvgIpc) is 2.85. The number of benzene rings is 2. The quantitative estimate of drug-likeness (QED) is 0.734. The number of hydrogen-bond acceptors (Lipinski definition) is 4. The third kappa shape index (κ3) is 2.53. The van der Waals surface area contributed by atoms with E-state index in [-0.39, 0.29) is 4.90 Å². The van der Waals surface area contributed by atoms with Gasteiger partial charge >= 0.3 is 0 Å². The molecule has 1 aromatic heterocycles. The number of fused-ring (bicyclic) bond motifs is 1. The van der Waals surface area contributed by atoms with Crippen LogP contribution in [0.25, 0.3) is 22.2 Å². The molecule has 0 bridgehead atoms. The molecule has 2 aromatic carbocycles. The number of rotatable bonds is 3. The molecule has 5 nitrogen and oxygen atoms in total. The number of nitrogens with zero attached hydrogens (tertiary/aromatic N) is 2. The van der Waals surface area contributed by atoms with Gasteiger partial charge in [-0.25, -0.2) is 8.42 Å². The second kappa shape index (κ2) is 5.69. The normalized spacial score (nSPS) is 11.4. The van der Waals surface area contributed by atoms with Crippen molar-refractivity contribution in [1.82, 2.24) is 4.57 Å². The molecule has 0 amide bonds. The van der Waals surface area contributed by atoms with E-state index in [1.165, 1.54) is 6.26 Å². The summed E-state index contributed by atoms with van der Waals surface area (Å²) in [4.78, 5) is 0.255. The summed E-state index contributed by atoms with van der Waals surface area (Å²) in [6.07, 6.45) is 1.17. The highest BCUT2D eigenvalue weighted by molar-refractivity contribution is 7.90. The zero-order chi connectivity index (χ0) is 17.5. The second-order valence-electron chi connectivity index (χ2n) is 5.57. The van der Waals surface area contributed by atoms with E-state index in [1.807, 2.05) is 29.8 Å². The second-order valence-corrected chi connectivity index (χ2v) is 7.59. The third-order valence-corrected chi connectivity index (χ3v) is 5.20. The van der Waals surface area contributed by atoms with Crippen molar-refractivity contribution < 1.29 is 13.2 Å². The van der Waals surface area contributed by atoms with Crippen LogP contribution in [0.3, 0.4) is 0 Å². The van der Waals surface area contributed by atoms with Crippen molar-refractivity contribution in [2.24, 2.45) is 7.05 Å². The molecule has 0 aliphatic rings. The van der Waals surface area contributed by atoms with Crippen molar-refractivity contribution in [3.8, 4) is 23.1 Å². The van der Waals surface area contributed by atoms with Crippen LogP contribution in [0.15, 0.2) is 47.4 Å². The van der Waals surface area contributed by atoms with Gasteiger partial charge in [-0.3, -0.25) is 0 Å². The maximum atomic E-state index is 11.6. The monoisotopic (exact) mass is 340 g/mol. The Kier molecular flexibility index (Phi) is 3.82. The van der Waals surface area contributed by atoms with E-state index in [0.717, 1.165) is 22.2 Å². The molecule has 3 rings (SSSR count). The number of sulfone groups is 1. The SMILES string of the molecule is COc1ccc2c(C#N)c(-c3ccc(S(C)(=O)=O)cc3)n(C)c2c1. The van der Waals surface area contributed by atoms with Crippen LogP contribution in [0.5, 0.6) is 5.75 Å². The largest absolute Gasteiger partial charge is 0.497 e. The van der Waals surface area contributed by atoms with Gasteiger partial charge in [0, 0.05) is 24.8 Å². The van der Waals surface area contributed by atoms with Crippen molar-refractivity contribution in [3.05, 3.63) is 48.0 Å². The summed E-state index contributed by atoms with van der Waals surface area (Å²) in [6, 6.07) is 14.4. The fourth-order valence-corrected chi connectivity index (χ4v) is 3.48. The highest BCUT2D eigenvalue weighted by Gasteiger charge is 2.17. The predicted octanol–water partition coefficient (Wildman–Crippen LogP) is 3.13. The summed E-state index contributed by atoms with van der Waals surface area (Å²) < 4.78 is 30.4. The highest BCUT2D eigenvalue weighted by atomic mass is 32.2. The lowest BCUT2D eigenvalue weighted by Gasteiger charge is -2.07. The van der Waals surface area contributed by atoms with Gasteiger partial charge in [-0.2, -0.15) is 5.26 Å². The molecule has 0 aliphatic heterocycles. The Morgan fingerprint density at radius 2 is 1.79 bits per heavy atom. The lowest BCUT2D eigenvalue weighted by atomic mass is 10.1. The fraction of sp³-hybridized carbons (Fsp3) is 0.167. The average molecular weight is 340 g/mol. The molecule has 0 radical (unpaired) electrons. The number of methoxy groups -OCH3 is 1. The first-order valence-electron chi connectivity index (χ1n) is 7.24. The molecule has 1 heterocycles. The molecular weight excluding hydrogens is 324 g/mol. The number of aromatic nitrogens is 1. The smallest absolute Gasteiger partial charge is 0.175 e. The van der Waals surface area contributed by atoms with Gasteiger partial charge in [-0.05, 0) is 29.8 Å². The molecule has 24 heavy (non-hydrogen) atoms. The molecule has 0 saturated heterocycles. The van der Waals surface area contributed by atoms with Gasteiger partial charge in [-0.1, -0.05) is 12.1 Å². The van der Waals surface area contributed by atoms with Crippen molar-refractivity contribution in [2.75, 3.05) is 13.4 Å². The summed E-state index contributed by atoms with van der Waals surface area (Å²) in [5, 5.41) is 10.4. The molecule has 6 heteroatoms. The molecule has 122 valence electrons. The van der Waals surface area contributed by atoms with Crippen LogP contribution in [0.2, 0.25) is 0 Å². The third-order valence-electron chi connectivity index (χ3n) is 4.08. The first kappa shape index (κ1) is 16.1. The van der Waals surface area contributed by atoms with E-state index in [9.17, 15) is 13.7 Å². The topological polar surface area (TPSA) is 72.1 Å². The molecule has 0 atom stereocenters. The molecule has 0 unspecified atom stereocenters. The summed E-state index contributed by atoms with van der Waals surface area (Å²) >= 11 is 0. The first-order chi connectivity index (χ1) is 11.4. The van der Waals surface area contributed by atoms with Crippen LogP contribution in [0, 0.1) is 11.3 Å². The molecule has 0 N–H and O–H groups in total. The van der Waals surface area contributed by atoms with Crippen molar-refractivity contribution in [3.63, 3.8) is 0 Å². The van der Waals surface area contributed by atoms with Gasteiger partial charge in [0.1, 0.15) is 11.8 Å². The van der Waals surface area contributed by atoms with Crippen LogP contribution in [0.1, 0.15) is 5.56 Å². The Hall–Kier alpha value is -2.78. The van der Waals surface area contributed by atoms with E-state index in [1.54, 1.807) is 31.4 Å². The van der Waals surface area contributed by atoms with Gasteiger partial charge in [0.05, 0.1) is 28.8 Å². The highest BCUT2D eigenvalue weighted by Crippen LogP contribution is 2.34. The zero-order valence-corrected chi connectivity index (χ0v) is 14.4. The molecule has 0 spiro atoms. The van der Waals surface area contributed by atoms with Crippen molar-refractivity contribution in [1.29, 1.82) is 5.26 Å². The summed E-state index contributed by atoms with van der Waals surface area (Å²) in [5.41, 5.74) is 2.98. The van der Waals surface area contributed by atoms with E-state index in [0.29, 0.717) is 11.3 Å². The predicted molar refractivity (Wildman–Crippen MR) is 92.7 cm³/mol. The Labute approximate surface area is 140 Å². The number of ether oxygens (including phenoxy) is 1. The molecule has 3 aromatic rings. The van der Waals surface area contributed by atoms with Crippen molar-refractivity contribution in [2.45, 2.75) is 4.90 Å². The Balaban J connectivity index is 2.26. The lowest BCUT2D eigenvalue weighted by molar-refractivity contribution is 0.415. The minimum Gasteiger partial charge on any atom is -0.497 e. The standard InChI is InChI=1S/C18H16N2O3S/c1-20-17-10-13(23-2)6-9-15(17)16(11-19)18(20)12-4-7-14(8-5-12)24(3,21)22/h4-10H,1-3H3. The summed E-state index contributed by atoms with van der Waals surface area (Å²) in [6.45, 7) is 0. The number of nitriles is 1. The van der Waals surface area contributed by atoms with Crippen LogP contribution < -0.4 is 4.74 Å². The van der Waals surface area contributed by atoms with E-state index in [4.69, 9.17) is 4.74 Å². The molecular formula is C18H16N2O3S. The molecule has 0 saturated carbocycles. The Morgan fingerprint density at radius 3 is 2.33 bits per heavy atom. The maximum Gasteiger partial charge on any atom is 0.175 e. The van der Waals surface area contributed by atoms with Gasteiger partial charge in [0.2, 0.25) is 0 Å². The Bertz CT molecular complexity index is 1070. The molecule has 0 aliphatic carbocycles. The summed E-state index contributed by atoms with van der Waals surface area (Å²) in [7, 11) is 0.225. The van der Waals surface area contributed by atoms with Crippen LogP contribution in [-0.2, 0) is 16.9 Å². The Morgan fingerprint density at radius 1 is 1.12 bits per heavy atom.